The van der Waals surface area contributed by atoms with E-state index in [-0.39, 0.29) is 72.3 Å². The Hall–Kier alpha value is -5.80. The maximum absolute atomic E-state index is 7.03. The lowest BCUT2D eigenvalue weighted by Crippen LogP contribution is -2.57. The fraction of sp³-hybridized carbons (Fsp3) is 0.0417. The monoisotopic (exact) mass is 726 g/mol. The van der Waals surface area contributed by atoms with Crippen molar-refractivity contribution in [1.82, 2.24) is 4.57 Å². The Balaban J connectivity index is 1.13. The summed E-state index contributed by atoms with van der Waals surface area (Å²) in [5.41, 5.74) is 8.38. The third-order valence-electron chi connectivity index (χ3n) is 12.7. The number of anilines is 2. The molecule has 1 aliphatic carbocycles. The molecule has 0 amide bonds. The average molecular weight is 725 g/mol. The van der Waals surface area contributed by atoms with Gasteiger partial charge < -0.3 is 9.47 Å². The van der Waals surface area contributed by atoms with Gasteiger partial charge in [0.1, 0.15) is 70.6 Å². The van der Waals surface area contributed by atoms with Crippen molar-refractivity contribution >= 4 is 180 Å². The SMILES string of the molecule is [B]c1c([B])c([B])c(-c2c([B])c([B])c(-n3c4c(c5ccccc53)C3c5ccccc5N(c5ccc6c7ccccc7c7ccccc7c6c5)C3C=C4)c([B])c2[B])c([B])c1[B]. The first-order valence-corrected chi connectivity index (χ1v) is 19.4. The van der Waals surface area contributed by atoms with Crippen LogP contribution in [-0.2, 0) is 0 Å². The van der Waals surface area contributed by atoms with Crippen molar-refractivity contribution in [3.8, 4) is 16.8 Å². The quantitative estimate of drug-likeness (QED) is 0.199. The van der Waals surface area contributed by atoms with Crippen molar-refractivity contribution in [3.63, 3.8) is 0 Å². The number of rotatable bonds is 3. The molecule has 9 aromatic rings. The summed E-state index contributed by atoms with van der Waals surface area (Å²) in [4.78, 5) is 2.47. The average Bonchev–Trinajstić information content (AvgIpc) is 3.78. The first-order valence-electron chi connectivity index (χ1n) is 19.4. The van der Waals surface area contributed by atoms with E-state index in [2.05, 4.69) is 131 Å². The predicted molar refractivity (Wildman–Crippen MR) is 259 cm³/mol. The van der Waals surface area contributed by atoms with Gasteiger partial charge in [-0.2, -0.15) is 0 Å². The molecule has 2 atom stereocenters. The van der Waals surface area contributed by atoms with Crippen LogP contribution in [0.4, 0.5) is 11.4 Å². The van der Waals surface area contributed by atoms with Gasteiger partial charge in [0.25, 0.3) is 0 Å². The van der Waals surface area contributed by atoms with Gasteiger partial charge in [0, 0.05) is 28.4 Å². The number of nitrogens with zero attached hydrogens (tertiary/aromatic N) is 2. The molecule has 0 bridgehead atoms. The molecule has 2 heterocycles. The van der Waals surface area contributed by atoms with Crippen LogP contribution in [-0.4, -0.2) is 81.2 Å². The fourth-order valence-electron chi connectivity index (χ4n) is 9.99. The Morgan fingerprint density at radius 3 is 1.51 bits per heavy atom. The topological polar surface area (TPSA) is 8.17 Å². The Morgan fingerprint density at radius 1 is 0.424 bits per heavy atom. The molecular weight excluding hydrogens is 702 g/mol. The number of aromatic nitrogens is 1. The zero-order valence-electron chi connectivity index (χ0n) is 31.9. The van der Waals surface area contributed by atoms with E-state index in [0.29, 0.717) is 5.69 Å². The number of fused-ring (bicyclic) bond motifs is 13. The fourth-order valence-corrected chi connectivity index (χ4v) is 9.99. The van der Waals surface area contributed by atoms with Gasteiger partial charge in [-0.15, -0.1) is 16.4 Å². The molecule has 0 saturated heterocycles. The van der Waals surface area contributed by atoms with Gasteiger partial charge in [-0.3, -0.25) is 0 Å². The smallest absolute Gasteiger partial charge is 0.115 e. The molecule has 59 heavy (non-hydrogen) atoms. The molecule has 1 aromatic heterocycles. The van der Waals surface area contributed by atoms with Crippen molar-refractivity contribution in [3.05, 3.63) is 138 Å². The molecule has 0 N–H and O–H groups in total. The summed E-state index contributed by atoms with van der Waals surface area (Å²) >= 11 is 0. The molecule has 0 spiro atoms. The van der Waals surface area contributed by atoms with Crippen molar-refractivity contribution in [1.29, 1.82) is 0 Å². The third kappa shape index (κ3) is 4.88. The molecule has 11 heteroatoms. The summed E-state index contributed by atoms with van der Waals surface area (Å²) in [6, 6.07) is 41.1. The van der Waals surface area contributed by atoms with Gasteiger partial charge in [0.05, 0.1) is 17.3 Å². The van der Waals surface area contributed by atoms with E-state index < -0.39 is 0 Å². The summed E-state index contributed by atoms with van der Waals surface area (Å²) in [5, 5.41) is 8.46. The van der Waals surface area contributed by atoms with E-state index in [1.807, 2.05) is 6.07 Å². The number of hydrogen-bond acceptors (Lipinski definition) is 1. The molecule has 2 nitrogen and oxygen atoms in total. The highest BCUT2D eigenvalue weighted by Gasteiger charge is 2.43. The van der Waals surface area contributed by atoms with Crippen LogP contribution in [0.1, 0.15) is 22.7 Å². The van der Waals surface area contributed by atoms with Crippen LogP contribution in [0.3, 0.4) is 0 Å². The molecule has 2 unspecified atom stereocenters. The van der Waals surface area contributed by atoms with Crippen LogP contribution in [0.25, 0.3) is 66.1 Å². The van der Waals surface area contributed by atoms with Crippen molar-refractivity contribution in [2.75, 3.05) is 4.90 Å². The minimum absolute atomic E-state index is 0.0390. The van der Waals surface area contributed by atoms with E-state index in [0.717, 1.165) is 33.5 Å². The minimum atomic E-state index is -0.0434. The minimum Gasteiger partial charge on any atom is -0.333 e. The largest absolute Gasteiger partial charge is 0.333 e. The maximum atomic E-state index is 7.03. The second-order valence-corrected chi connectivity index (χ2v) is 15.6. The first kappa shape index (κ1) is 36.3. The highest BCUT2D eigenvalue weighted by molar-refractivity contribution is 6.70. The highest BCUT2D eigenvalue weighted by Crippen LogP contribution is 2.54. The normalized spacial score (nSPS) is 15.6. The van der Waals surface area contributed by atoms with Crippen LogP contribution < -0.4 is 54.1 Å². The van der Waals surface area contributed by atoms with E-state index >= 15 is 0 Å². The maximum Gasteiger partial charge on any atom is 0.115 e. The molecule has 0 saturated carbocycles. The Bertz CT molecular complexity index is 3280. The van der Waals surface area contributed by atoms with Gasteiger partial charge in [-0.25, -0.2) is 0 Å². The first-order chi connectivity index (χ1) is 28.6. The van der Waals surface area contributed by atoms with Crippen molar-refractivity contribution < 1.29 is 0 Å². The van der Waals surface area contributed by atoms with Crippen LogP contribution >= 0.6 is 0 Å². The predicted octanol–water partition coefficient (Wildman–Crippen LogP) is 1.58. The van der Waals surface area contributed by atoms with Gasteiger partial charge in [0.15, 0.2) is 0 Å². The number of hydrogen-bond donors (Lipinski definition) is 0. The lowest BCUT2D eigenvalue weighted by Gasteiger charge is -2.32. The Kier molecular flexibility index (Phi) is 8.06. The van der Waals surface area contributed by atoms with Crippen LogP contribution in [0.5, 0.6) is 0 Å². The van der Waals surface area contributed by atoms with Gasteiger partial charge in [0.2, 0.25) is 0 Å². The molecule has 8 aromatic carbocycles. The zero-order chi connectivity index (χ0) is 40.6. The molecule has 1 aliphatic heterocycles. The summed E-state index contributed by atoms with van der Waals surface area (Å²) < 4.78 is 2.06. The Labute approximate surface area is 355 Å². The highest BCUT2D eigenvalue weighted by atomic mass is 15.2. The van der Waals surface area contributed by atoms with E-state index in [9.17, 15) is 0 Å². The molecule has 2 aliphatic rings. The summed E-state index contributed by atoms with van der Waals surface area (Å²) in [6.45, 7) is 0. The second-order valence-electron chi connectivity index (χ2n) is 15.6. The second kappa shape index (κ2) is 13.1. The molecule has 0 fully saturated rings. The lowest BCUT2D eigenvalue weighted by atomic mass is 9.56. The van der Waals surface area contributed by atoms with Crippen LogP contribution in [0.2, 0.25) is 0 Å². The van der Waals surface area contributed by atoms with E-state index in [1.54, 1.807) is 0 Å². The van der Waals surface area contributed by atoms with Crippen LogP contribution in [0.15, 0.2) is 121 Å². The van der Waals surface area contributed by atoms with Crippen molar-refractivity contribution in [2.45, 2.75) is 12.0 Å². The van der Waals surface area contributed by atoms with E-state index in [4.69, 9.17) is 70.6 Å². The van der Waals surface area contributed by atoms with Crippen LogP contribution in [0, 0.1) is 0 Å². The van der Waals surface area contributed by atoms with Gasteiger partial charge >= 0.3 is 0 Å². The Morgan fingerprint density at radius 2 is 0.898 bits per heavy atom. The summed E-state index contributed by atoms with van der Waals surface area (Å²) in [7, 11) is 59.5. The zero-order valence-corrected chi connectivity index (χ0v) is 31.9. The molecule has 18 radical (unpaired) electrons. The third-order valence-corrected chi connectivity index (χ3v) is 12.7. The van der Waals surface area contributed by atoms with Gasteiger partial charge in [-0.05, 0) is 84.9 Å². The number of benzene rings is 8. The summed E-state index contributed by atoms with van der Waals surface area (Å²) in [5.74, 6) is -0.0434. The molecule has 252 valence electrons. The van der Waals surface area contributed by atoms with E-state index in [1.165, 1.54) is 37.9 Å². The molecular formula is C48H23B9N2. The summed E-state index contributed by atoms with van der Waals surface area (Å²) in [6.07, 6.45) is 4.44. The lowest BCUT2D eigenvalue weighted by molar-refractivity contribution is 0.726. The number of para-hydroxylation sites is 2. The van der Waals surface area contributed by atoms with Crippen molar-refractivity contribution in [2.24, 2.45) is 0 Å². The van der Waals surface area contributed by atoms with Gasteiger partial charge in [-0.1, -0.05) is 130 Å². The molecule has 11 rings (SSSR count). The standard InChI is InChI=1S/C48H23B9N2/c49-39-37(40(50)44(54)45(55)43(39)53)38-41(51)46(56)48(47(57)42(38)52)59-32-16-8-6-14-29(32)36-34(59)20-19-33-35(36)28-13-5-7-15-31(28)58(33)22-17-18-27-25-11-2-1-9-23(25)24-10-3-4-12-26(24)30(27)21-22/h1-21,33,35H.